The second-order valence-electron chi connectivity index (χ2n) is 5.94. The van der Waals surface area contributed by atoms with Crippen LogP contribution in [-0.2, 0) is 11.2 Å². The van der Waals surface area contributed by atoms with E-state index in [1.165, 1.54) is 5.56 Å². The van der Waals surface area contributed by atoms with Crippen molar-refractivity contribution in [1.82, 2.24) is 0 Å². The van der Waals surface area contributed by atoms with Gasteiger partial charge in [-0.25, -0.2) is 0 Å². The number of carbonyl (C=O) groups excluding carboxylic acids is 1. The van der Waals surface area contributed by atoms with Crippen LogP contribution in [0.2, 0.25) is 0 Å². The maximum atomic E-state index is 12.1. The van der Waals surface area contributed by atoms with Gasteiger partial charge in [-0.2, -0.15) is 5.26 Å². The number of aryl methyl sites for hydroxylation is 1. The first-order chi connectivity index (χ1) is 12.0. The molecular formula is C20H23N3O2. The van der Waals surface area contributed by atoms with Crippen LogP contribution in [0, 0.1) is 11.3 Å². The Morgan fingerprint density at radius 1 is 1.20 bits per heavy atom. The molecule has 5 heteroatoms. The summed E-state index contributed by atoms with van der Waals surface area (Å²) in [6.45, 7) is 6.02. The smallest absolute Gasteiger partial charge is 0.243 e. The lowest BCUT2D eigenvalue weighted by atomic mass is 10.1. The first kappa shape index (κ1) is 18.3. The van der Waals surface area contributed by atoms with Gasteiger partial charge >= 0.3 is 0 Å². The molecule has 130 valence electrons. The maximum Gasteiger partial charge on any atom is 0.243 e. The van der Waals surface area contributed by atoms with E-state index in [4.69, 9.17) is 10.00 Å². The Bertz CT molecular complexity index is 762. The molecule has 0 aliphatic carbocycles. The van der Waals surface area contributed by atoms with Crippen molar-refractivity contribution in [2.45, 2.75) is 33.3 Å². The molecular weight excluding hydrogens is 314 g/mol. The molecule has 1 amide bonds. The Balaban J connectivity index is 2.01. The SMILES string of the molecule is CCc1ccc(NC(=O)CNc2cc(C#N)ccc2OC(C)C)cc1. The highest BCUT2D eigenvalue weighted by Gasteiger charge is 2.09. The zero-order valence-corrected chi connectivity index (χ0v) is 14.8. The summed E-state index contributed by atoms with van der Waals surface area (Å²) in [5.41, 5.74) is 3.12. The summed E-state index contributed by atoms with van der Waals surface area (Å²) in [7, 11) is 0. The van der Waals surface area contributed by atoms with Gasteiger partial charge in [0.1, 0.15) is 5.75 Å². The van der Waals surface area contributed by atoms with E-state index in [1.54, 1.807) is 18.2 Å². The van der Waals surface area contributed by atoms with Crippen LogP contribution in [0.15, 0.2) is 42.5 Å². The van der Waals surface area contributed by atoms with Crippen molar-refractivity contribution < 1.29 is 9.53 Å². The van der Waals surface area contributed by atoms with Crippen molar-refractivity contribution in [2.24, 2.45) is 0 Å². The molecule has 0 fully saturated rings. The van der Waals surface area contributed by atoms with Gasteiger partial charge < -0.3 is 15.4 Å². The molecule has 0 saturated carbocycles. The van der Waals surface area contributed by atoms with Crippen molar-refractivity contribution in [3.63, 3.8) is 0 Å². The first-order valence-corrected chi connectivity index (χ1v) is 8.35. The third-order valence-corrected chi connectivity index (χ3v) is 3.56. The molecule has 0 bridgehead atoms. The number of hydrogen-bond acceptors (Lipinski definition) is 4. The van der Waals surface area contributed by atoms with Gasteiger partial charge in [0.15, 0.2) is 0 Å². The average molecular weight is 337 g/mol. The minimum atomic E-state index is -0.165. The third-order valence-electron chi connectivity index (χ3n) is 3.56. The summed E-state index contributed by atoms with van der Waals surface area (Å²) in [4.78, 5) is 12.1. The average Bonchev–Trinajstić information content (AvgIpc) is 2.61. The molecule has 2 aromatic rings. The zero-order valence-electron chi connectivity index (χ0n) is 14.8. The van der Waals surface area contributed by atoms with E-state index in [-0.39, 0.29) is 18.6 Å². The van der Waals surface area contributed by atoms with Crippen molar-refractivity contribution >= 4 is 17.3 Å². The summed E-state index contributed by atoms with van der Waals surface area (Å²) in [5.74, 6) is 0.455. The Hall–Kier alpha value is -3.00. The fraction of sp³-hybridized carbons (Fsp3) is 0.300. The van der Waals surface area contributed by atoms with Gasteiger partial charge in [-0.05, 0) is 56.2 Å². The molecule has 0 saturated heterocycles. The zero-order chi connectivity index (χ0) is 18.2. The molecule has 0 aliphatic rings. The number of hydrogen-bond donors (Lipinski definition) is 2. The molecule has 2 aromatic carbocycles. The highest BCUT2D eigenvalue weighted by atomic mass is 16.5. The van der Waals surface area contributed by atoms with E-state index < -0.39 is 0 Å². The molecule has 0 aliphatic heterocycles. The van der Waals surface area contributed by atoms with Gasteiger partial charge in [0.05, 0.1) is 30.0 Å². The van der Waals surface area contributed by atoms with Crippen molar-refractivity contribution in [3.05, 3.63) is 53.6 Å². The number of benzene rings is 2. The van der Waals surface area contributed by atoms with Crippen molar-refractivity contribution in [3.8, 4) is 11.8 Å². The van der Waals surface area contributed by atoms with Crippen LogP contribution >= 0.6 is 0 Å². The lowest BCUT2D eigenvalue weighted by Crippen LogP contribution is -2.22. The van der Waals surface area contributed by atoms with E-state index in [0.29, 0.717) is 17.0 Å². The Morgan fingerprint density at radius 3 is 2.52 bits per heavy atom. The van der Waals surface area contributed by atoms with Crippen LogP contribution in [0.5, 0.6) is 5.75 Å². The lowest BCUT2D eigenvalue weighted by Gasteiger charge is -2.16. The number of nitriles is 1. The van der Waals surface area contributed by atoms with E-state index >= 15 is 0 Å². The highest BCUT2D eigenvalue weighted by molar-refractivity contribution is 5.94. The second-order valence-corrected chi connectivity index (χ2v) is 5.94. The summed E-state index contributed by atoms with van der Waals surface area (Å²) in [6, 6.07) is 15.0. The minimum Gasteiger partial charge on any atom is -0.489 e. The van der Waals surface area contributed by atoms with Crippen LogP contribution < -0.4 is 15.4 Å². The van der Waals surface area contributed by atoms with E-state index in [0.717, 1.165) is 12.1 Å². The molecule has 0 spiro atoms. The van der Waals surface area contributed by atoms with E-state index in [2.05, 4.69) is 23.6 Å². The molecule has 0 atom stereocenters. The van der Waals surface area contributed by atoms with Gasteiger partial charge in [0.25, 0.3) is 0 Å². The van der Waals surface area contributed by atoms with Crippen molar-refractivity contribution in [2.75, 3.05) is 17.2 Å². The van der Waals surface area contributed by atoms with Crippen LogP contribution in [0.25, 0.3) is 0 Å². The third kappa shape index (κ3) is 5.54. The number of nitrogens with zero attached hydrogens (tertiary/aromatic N) is 1. The Kier molecular flexibility index (Phi) is 6.41. The fourth-order valence-corrected chi connectivity index (χ4v) is 2.30. The quantitative estimate of drug-likeness (QED) is 0.802. The second kappa shape index (κ2) is 8.74. The molecule has 0 heterocycles. The molecule has 0 aromatic heterocycles. The van der Waals surface area contributed by atoms with Crippen molar-refractivity contribution in [1.29, 1.82) is 5.26 Å². The largest absolute Gasteiger partial charge is 0.489 e. The Labute approximate surface area is 148 Å². The van der Waals surface area contributed by atoms with Crippen LogP contribution in [0.3, 0.4) is 0 Å². The summed E-state index contributed by atoms with van der Waals surface area (Å²) in [6.07, 6.45) is 0.961. The lowest BCUT2D eigenvalue weighted by molar-refractivity contribution is -0.114. The number of amides is 1. The summed E-state index contributed by atoms with van der Waals surface area (Å²) < 4.78 is 5.72. The summed E-state index contributed by atoms with van der Waals surface area (Å²) in [5, 5.41) is 14.9. The monoisotopic (exact) mass is 337 g/mol. The van der Waals surface area contributed by atoms with Gasteiger partial charge in [-0.1, -0.05) is 19.1 Å². The van der Waals surface area contributed by atoms with Gasteiger partial charge in [-0.15, -0.1) is 0 Å². The Morgan fingerprint density at radius 2 is 1.92 bits per heavy atom. The van der Waals surface area contributed by atoms with Crippen LogP contribution in [0.1, 0.15) is 31.9 Å². The fourth-order valence-electron chi connectivity index (χ4n) is 2.30. The number of carbonyl (C=O) groups is 1. The van der Waals surface area contributed by atoms with E-state index in [1.807, 2.05) is 38.1 Å². The van der Waals surface area contributed by atoms with Crippen LogP contribution in [-0.4, -0.2) is 18.6 Å². The number of nitrogens with one attached hydrogen (secondary N) is 2. The first-order valence-electron chi connectivity index (χ1n) is 8.35. The predicted molar refractivity (Wildman–Crippen MR) is 99.9 cm³/mol. The van der Waals surface area contributed by atoms with Gasteiger partial charge in [0, 0.05) is 5.69 Å². The highest BCUT2D eigenvalue weighted by Crippen LogP contribution is 2.26. The number of ether oxygens (including phenoxy) is 1. The molecule has 0 unspecified atom stereocenters. The molecule has 5 nitrogen and oxygen atoms in total. The molecule has 2 N–H and O–H groups in total. The number of anilines is 2. The standard InChI is InChI=1S/C20H23N3O2/c1-4-15-5-8-17(9-6-15)23-20(24)13-22-18-11-16(12-21)7-10-19(18)25-14(2)3/h5-11,14,22H,4,13H2,1-3H3,(H,23,24). The molecule has 25 heavy (non-hydrogen) atoms. The normalized spacial score (nSPS) is 10.2. The summed E-state index contributed by atoms with van der Waals surface area (Å²) >= 11 is 0. The predicted octanol–water partition coefficient (Wildman–Crippen LogP) is 3.96. The number of rotatable bonds is 7. The van der Waals surface area contributed by atoms with Crippen LogP contribution in [0.4, 0.5) is 11.4 Å². The topological polar surface area (TPSA) is 74.2 Å². The van der Waals surface area contributed by atoms with Gasteiger partial charge in [0.2, 0.25) is 5.91 Å². The minimum absolute atomic E-state index is 0.000563. The maximum absolute atomic E-state index is 12.1. The molecule has 0 radical (unpaired) electrons. The van der Waals surface area contributed by atoms with Gasteiger partial charge in [-0.3, -0.25) is 4.79 Å². The molecule has 2 rings (SSSR count). The van der Waals surface area contributed by atoms with E-state index in [9.17, 15) is 4.79 Å².